The molecule has 0 aliphatic carbocycles. The molecule has 0 saturated carbocycles. The van der Waals surface area contributed by atoms with E-state index in [2.05, 4.69) is 43.9 Å². The Hall–Kier alpha value is -2.01. The van der Waals surface area contributed by atoms with Crippen LogP contribution in [0.4, 0.5) is 0 Å². The quantitative estimate of drug-likeness (QED) is 0.673. The van der Waals surface area contributed by atoms with E-state index in [0.29, 0.717) is 12.0 Å². The Morgan fingerprint density at radius 2 is 2.24 bits per heavy atom. The molecular formula is C19H26ClN5. The Labute approximate surface area is 154 Å². The van der Waals surface area contributed by atoms with Gasteiger partial charge in [0.25, 0.3) is 0 Å². The smallest absolute Gasteiger partial charge is 0.193 e. The maximum atomic E-state index is 6.24. The monoisotopic (exact) mass is 359 g/mol. The van der Waals surface area contributed by atoms with E-state index in [1.165, 1.54) is 0 Å². The van der Waals surface area contributed by atoms with Crippen LogP contribution in [0.1, 0.15) is 24.9 Å². The molecule has 5 nitrogen and oxygen atoms in total. The summed E-state index contributed by atoms with van der Waals surface area (Å²) < 4.78 is 2.22. The number of hydrogen-bond acceptors (Lipinski definition) is 2. The molecule has 0 amide bonds. The van der Waals surface area contributed by atoms with Gasteiger partial charge in [0.2, 0.25) is 0 Å². The fourth-order valence-electron chi connectivity index (χ4n) is 3.44. The van der Waals surface area contributed by atoms with E-state index in [-0.39, 0.29) is 0 Å². The lowest BCUT2D eigenvalue weighted by Gasteiger charge is -2.39. The summed E-state index contributed by atoms with van der Waals surface area (Å²) in [7, 11) is 1.85. The van der Waals surface area contributed by atoms with Crippen molar-refractivity contribution < 1.29 is 0 Å². The lowest BCUT2D eigenvalue weighted by molar-refractivity contribution is 0.189. The molecule has 6 heteroatoms. The third-order valence-electron chi connectivity index (χ3n) is 4.97. The highest BCUT2D eigenvalue weighted by Gasteiger charge is 2.28. The summed E-state index contributed by atoms with van der Waals surface area (Å²) in [6.45, 7) is 5.11. The molecule has 1 N–H and O–H groups in total. The number of nitrogens with zero attached hydrogens (tertiary/aromatic N) is 4. The van der Waals surface area contributed by atoms with Crippen LogP contribution in [0, 0.1) is 5.92 Å². The average Bonchev–Trinajstić information content (AvgIpc) is 3.15. The van der Waals surface area contributed by atoms with Gasteiger partial charge in [0.05, 0.1) is 12.4 Å². The number of nitrogens with one attached hydrogen (secondary N) is 1. The van der Waals surface area contributed by atoms with Gasteiger partial charge in [0.1, 0.15) is 0 Å². The molecule has 25 heavy (non-hydrogen) atoms. The molecule has 3 rings (SSSR count). The molecule has 2 atom stereocenters. The van der Waals surface area contributed by atoms with Crippen molar-refractivity contribution in [3.8, 4) is 0 Å². The van der Waals surface area contributed by atoms with Crippen LogP contribution in [0.5, 0.6) is 0 Å². The zero-order chi connectivity index (χ0) is 17.6. The summed E-state index contributed by atoms with van der Waals surface area (Å²) in [5.74, 6) is 1.59. The fourth-order valence-corrected chi connectivity index (χ4v) is 3.67. The number of piperidine rings is 1. The Morgan fingerprint density at radius 1 is 1.40 bits per heavy atom. The first kappa shape index (κ1) is 17.8. The van der Waals surface area contributed by atoms with E-state index in [4.69, 9.17) is 11.6 Å². The maximum absolute atomic E-state index is 6.24. The zero-order valence-corrected chi connectivity index (χ0v) is 15.7. The van der Waals surface area contributed by atoms with Crippen molar-refractivity contribution >= 4 is 17.6 Å². The summed E-state index contributed by atoms with van der Waals surface area (Å²) in [6.07, 6.45) is 7.85. The minimum absolute atomic E-state index is 0.429. The summed E-state index contributed by atoms with van der Waals surface area (Å²) >= 11 is 6.24. The first-order chi connectivity index (χ1) is 12.2. The van der Waals surface area contributed by atoms with Gasteiger partial charge in [-0.05, 0) is 30.4 Å². The van der Waals surface area contributed by atoms with Crippen LogP contribution in [0.15, 0.2) is 48.0 Å². The van der Waals surface area contributed by atoms with Gasteiger partial charge in [-0.15, -0.1) is 0 Å². The fraction of sp³-hybridized carbons (Fsp3) is 0.474. The number of imidazole rings is 1. The molecular weight excluding hydrogens is 334 g/mol. The van der Waals surface area contributed by atoms with Crippen molar-refractivity contribution in [2.75, 3.05) is 26.7 Å². The van der Waals surface area contributed by atoms with Gasteiger partial charge >= 0.3 is 0 Å². The minimum Gasteiger partial charge on any atom is -0.356 e. The summed E-state index contributed by atoms with van der Waals surface area (Å²) in [5.41, 5.74) is 1.16. The molecule has 1 saturated heterocycles. The second-order valence-electron chi connectivity index (χ2n) is 6.60. The van der Waals surface area contributed by atoms with Crippen molar-refractivity contribution in [2.24, 2.45) is 10.9 Å². The van der Waals surface area contributed by atoms with Crippen LogP contribution in [0.25, 0.3) is 0 Å². The molecule has 2 aromatic rings. The van der Waals surface area contributed by atoms with E-state index in [0.717, 1.165) is 49.0 Å². The van der Waals surface area contributed by atoms with E-state index in [1.807, 2.05) is 37.8 Å². The molecule has 1 aliphatic heterocycles. The molecule has 2 unspecified atom stereocenters. The lowest BCUT2D eigenvalue weighted by Crippen LogP contribution is -2.49. The second-order valence-corrected chi connectivity index (χ2v) is 7.01. The molecule has 2 heterocycles. The third-order valence-corrected chi connectivity index (χ3v) is 5.34. The number of guanidine groups is 1. The topological polar surface area (TPSA) is 45.5 Å². The second kappa shape index (κ2) is 8.39. The third kappa shape index (κ3) is 4.34. The average molecular weight is 360 g/mol. The number of rotatable bonds is 4. The number of aromatic nitrogens is 2. The highest BCUT2D eigenvalue weighted by molar-refractivity contribution is 6.31. The summed E-state index contributed by atoms with van der Waals surface area (Å²) in [5, 5.41) is 4.31. The predicted octanol–water partition coefficient (Wildman–Crippen LogP) is 3.24. The van der Waals surface area contributed by atoms with Crippen LogP contribution in [-0.2, 0) is 6.42 Å². The number of aliphatic imine (C=N–C) groups is 1. The number of benzene rings is 1. The summed E-state index contributed by atoms with van der Waals surface area (Å²) in [6, 6.07) is 8.43. The van der Waals surface area contributed by atoms with E-state index >= 15 is 0 Å². The van der Waals surface area contributed by atoms with Gasteiger partial charge in [-0.1, -0.05) is 36.7 Å². The highest BCUT2D eigenvalue weighted by Crippen LogP contribution is 2.27. The van der Waals surface area contributed by atoms with Crippen LogP contribution in [0.3, 0.4) is 0 Å². The summed E-state index contributed by atoms with van der Waals surface area (Å²) in [4.78, 5) is 11.0. The van der Waals surface area contributed by atoms with Gasteiger partial charge in [-0.25, -0.2) is 4.98 Å². The van der Waals surface area contributed by atoms with Crippen molar-refractivity contribution in [1.82, 2.24) is 19.8 Å². The van der Waals surface area contributed by atoms with Crippen LogP contribution >= 0.6 is 11.6 Å². The van der Waals surface area contributed by atoms with Gasteiger partial charge in [-0.3, -0.25) is 4.99 Å². The SMILES string of the molecule is CN=C(NCCc1ccccc1Cl)N1CCC(C)C(n2ccnc2)C1. The highest BCUT2D eigenvalue weighted by atomic mass is 35.5. The van der Waals surface area contributed by atoms with Crippen LogP contribution in [-0.4, -0.2) is 47.1 Å². The number of halogens is 1. The Morgan fingerprint density at radius 3 is 2.96 bits per heavy atom. The first-order valence-corrected chi connectivity index (χ1v) is 9.23. The van der Waals surface area contributed by atoms with Gasteiger partial charge in [0, 0.05) is 44.1 Å². The standard InChI is InChI=1S/C19H26ClN5/c1-15-8-11-24(13-18(15)25-12-10-22-14-25)19(21-2)23-9-7-16-5-3-4-6-17(16)20/h3-6,10,12,14-15,18H,7-9,11,13H2,1-2H3,(H,21,23). The molecule has 0 radical (unpaired) electrons. The van der Waals surface area contributed by atoms with E-state index in [1.54, 1.807) is 0 Å². The van der Waals surface area contributed by atoms with Gasteiger partial charge < -0.3 is 14.8 Å². The first-order valence-electron chi connectivity index (χ1n) is 8.85. The van der Waals surface area contributed by atoms with Crippen molar-refractivity contribution in [3.63, 3.8) is 0 Å². The van der Waals surface area contributed by atoms with Crippen molar-refractivity contribution in [3.05, 3.63) is 53.6 Å². The molecule has 1 aromatic carbocycles. The van der Waals surface area contributed by atoms with Crippen molar-refractivity contribution in [2.45, 2.75) is 25.8 Å². The zero-order valence-electron chi connectivity index (χ0n) is 14.9. The largest absolute Gasteiger partial charge is 0.356 e. The number of hydrogen-bond donors (Lipinski definition) is 1. The van der Waals surface area contributed by atoms with Gasteiger partial charge in [-0.2, -0.15) is 0 Å². The minimum atomic E-state index is 0.429. The number of likely N-dealkylation sites (tertiary alicyclic amines) is 1. The molecule has 0 spiro atoms. The maximum Gasteiger partial charge on any atom is 0.193 e. The normalized spacial score (nSPS) is 21.4. The van der Waals surface area contributed by atoms with E-state index < -0.39 is 0 Å². The van der Waals surface area contributed by atoms with E-state index in [9.17, 15) is 0 Å². The molecule has 1 aromatic heterocycles. The molecule has 134 valence electrons. The molecule has 0 bridgehead atoms. The molecule has 1 aliphatic rings. The Kier molecular flexibility index (Phi) is 5.97. The van der Waals surface area contributed by atoms with Crippen molar-refractivity contribution in [1.29, 1.82) is 0 Å². The predicted molar refractivity (Wildman–Crippen MR) is 103 cm³/mol. The Bertz CT molecular complexity index is 698. The van der Waals surface area contributed by atoms with Gasteiger partial charge in [0.15, 0.2) is 5.96 Å². The Balaban J connectivity index is 1.58. The van der Waals surface area contributed by atoms with Crippen LogP contribution < -0.4 is 5.32 Å². The molecule has 1 fully saturated rings. The van der Waals surface area contributed by atoms with Crippen LogP contribution in [0.2, 0.25) is 5.02 Å². The lowest BCUT2D eigenvalue weighted by atomic mass is 9.93.